The Kier molecular flexibility index (Phi) is 8.28. The summed E-state index contributed by atoms with van der Waals surface area (Å²) in [4.78, 5) is 12.2. The van der Waals surface area contributed by atoms with Crippen LogP contribution in [0.5, 0.6) is 0 Å². The first kappa shape index (κ1) is 21.9. The standard InChI is InChI=1S/C18H20Cl2N2O3S2/c1-27(24,25)22(15-7-8-16(19)17(20)11-15)12-18(23)21-9-10-26-13-14-5-3-2-4-6-14/h2-8,11H,9-10,12-13H2,1H3,(H,21,23). The molecular formula is C18H20Cl2N2O3S2. The van der Waals surface area contributed by atoms with Crippen LogP contribution in [0, 0.1) is 0 Å². The Morgan fingerprint density at radius 3 is 2.44 bits per heavy atom. The Hall–Kier alpha value is -1.41. The molecule has 0 aliphatic carbocycles. The largest absolute Gasteiger partial charge is 0.354 e. The molecule has 0 heterocycles. The fraction of sp³-hybridized carbons (Fsp3) is 0.278. The molecule has 146 valence electrons. The Labute approximate surface area is 174 Å². The second-order valence-corrected chi connectivity index (χ2v) is 9.58. The number of sulfonamides is 1. The van der Waals surface area contributed by atoms with Crippen LogP contribution in [-0.4, -0.2) is 39.4 Å². The van der Waals surface area contributed by atoms with Crippen molar-refractivity contribution in [3.8, 4) is 0 Å². The first-order valence-corrected chi connectivity index (χ1v) is 11.8. The number of amides is 1. The number of carbonyl (C=O) groups excluding carboxylic acids is 1. The minimum absolute atomic E-state index is 0.223. The lowest BCUT2D eigenvalue weighted by atomic mass is 10.2. The zero-order valence-corrected chi connectivity index (χ0v) is 17.8. The summed E-state index contributed by atoms with van der Waals surface area (Å²) in [6.07, 6.45) is 1.04. The topological polar surface area (TPSA) is 66.5 Å². The normalized spacial score (nSPS) is 11.2. The molecule has 27 heavy (non-hydrogen) atoms. The molecule has 2 aromatic rings. The summed E-state index contributed by atoms with van der Waals surface area (Å²) >= 11 is 13.5. The Morgan fingerprint density at radius 2 is 1.81 bits per heavy atom. The van der Waals surface area contributed by atoms with Crippen LogP contribution in [0.1, 0.15) is 5.56 Å². The summed E-state index contributed by atoms with van der Waals surface area (Å²) in [6.45, 7) is 0.134. The SMILES string of the molecule is CS(=O)(=O)N(CC(=O)NCCSCc1ccccc1)c1ccc(Cl)c(Cl)c1. The van der Waals surface area contributed by atoms with E-state index in [1.807, 2.05) is 30.3 Å². The lowest BCUT2D eigenvalue weighted by Crippen LogP contribution is -2.41. The molecule has 0 saturated heterocycles. The van der Waals surface area contributed by atoms with Crippen molar-refractivity contribution >= 4 is 56.6 Å². The van der Waals surface area contributed by atoms with Crippen molar-refractivity contribution in [1.82, 2.24) is 5.32 Å². The van der Waals surface area contributed by atoms with E-state index < -0.39 is 10.0 Å². The van der Waals surface area contributed by atoms with Gasteiger partial charge in [-0.15, -0.1) is 0 Å². The van der Waals surface area contributed by atoms with E-state index in [1.165, 1.54) is 23.8 Å². The molecule has 2 rings (SSSR count). The third-order valence-corrected chi connectivity index (χ3v) is 6.47. The van der Waals surface area contributed by atoms with Crippen molar-refractivity contribution in [3.05, 3.63) is 64.1 Å². The molecule has 0 spiro atoms. The first-order chi connectivity index (χ1) is 12.8. The van der Waals surface area contributed by atoms with E-state index in [1.54, 1.807) is 11.8 Å². The van der Waals surface area contributed by atoms with Gasteiger partial charge in [-0.25, -0.2) is 8.42 Å². The van der Waals surface area contributed by atoms with Gasteiger partial charge in [-0.05, 0) is 23.8 Å². The number of anilines is 1. The van der Waals surface area contributed by atoms with Crippen molar-refractivity contribution in [2.24, 2.45) is 0 Å². The van der Waals surface area contributed by atoms with Crippen LogP contribution in [0.15, 0.2) is 48.5 Å². The minimum Gasteiger partial charge on any atom is -0.354 e. The highest BCUT2D eigenvalue weighted by atomic mass is 35.5. The third-order valence-electron chi connectivity index (χ3n) is 3.56. The minimum atomic E-state index is -3.65. The molecule has 5 nitrogen and oxygen atoms in total. The van der Waals surface area contributed by atoms with E-state index in [9.17, 15) is 13.2 Å². The molecule has 0 radical (unpaired) electrons. The molecule has 0 aliphatic heterocycles. The zero-order valence-electron chi connectivity index (χ0n) is 14.7. The van der Waals surface area contributed by atoms with Crippen LogP contribution < -0.4 is 9.62 Å². The van der Waals surface area contributed by atoms with E-state index in [0.717, 1.165) is 22.1 Å². The van der Waals surface area contributed by atoms with Gasteiger partial charge < -0.3 is 5.32 Å². The van der Waals surface area contributed by atoms with Crippen LogP contribution in [0.2, 0.25) is 10.0 Å². The predicted molar refractivity (Wildman–Crippen MR) is 114 cm³/mol. The van der Waals surface area contributed by atoms with Gasteiger partial charge in [-0.3, -0.25) is 9.10 Å². The predicted octanol–water partition coefficient (Wildman–Crippen LogP) is 3.81. The first-order valence-electron chi connectivity index (χ1n) is 8.08. The van der Waals surface area contributed by atoms with E-state index in [0.29, 0.717) is 17.3 Å². The van der Waals surface area contributed by atoms with Crippen molar-refractivity contribution < 1.29 is 13.2 Å². The molecule has 1 N–H and O–H groups in total. The molecule has 0 atom stereocenters. The Balaban J connectivity index is 1.86. The van der Waals surface area contributed by atoms with Gasteiger partial charge in [-0.1, -0.05) is 53.5 Å². The summed E-state index contributed by atoms with van der Waals surface area (Å²) in [5, 5.41) is 3.28. The van der Waals surface area contributed by atoms with Gasteiger partial charge in [0.25, 0.3) is 0 Å². The van der Waals surface area contributed by atoms with Gasteiger partial charge in [0, 0.05) is 18.1 Å². The lowest BCUT2D eigenvalue weighted by molar-refractivity contribution is -0.119. The summed E-state index contributed by atoms with van der Waals surface area (Å²) in [6, 6.07) is 14.5. The molecule has 0 bridgehead atoms. The highest BCUT2D eigenvalue weighted by Gasteiger charge is 2.21. The number of hydrogen-bond acceptors (Lipinski definition) is 4. The van der Waals surface area contributed by atoms with Crippen LogP contribution in [-0.2, 0) is 20.6 Å². The molecule has 0 aliphatic rings. The monoisotopic (exact) mass is 446 g/mol. The molecule has 0 aromatic heterocycles. The molecule has 0 fully saturated rings. The summed E-state index contributed by atoms with van der Waals surface area (Å²) in [5.41, 5.74) is 1.51. The molecule has 1 amide bonds. The maximum Gasteiger partial charge on any atom is 0.240 e. The summed E-state index contributed by atoms with van der Waals surface area (Å²) in [5.74, 6) is 1.20. The van der Waals surface area contributed by atoms with E-state index >= 15 is 0 Å². The smallest absolute Gasteiger partial charge is 0.240 e. The van der Waals surface area contributed by atoms with Gasteiger partial charge in [-0.2, -0.15) is 11.8 Å². The average molecular weight is 447 g/mol. The summed E-state index contributed by atoms with van der Waals surface area (Å²) < 4.78 is 25.1. The van der Waals surface area contributed by atoms with Gasteiger partial charge in [0.15, 0.2) is 0 Å². The van der Waals surface area contributed by atoms with E-state index in [4.69, 9.17) is 23.2 Å². The van der Waals surface area contributed by atoms with Crippen LogP contribution in [0.4, 0.5) is 5.69 Å². The zero-order chi connectivity index (χ0) is 19.9. The highest BCUT2D eigenvalue weighted by Crippen LogP contribution is 2.28. The fourth-order valence-electron chi connectivity index (χ4n) is 2.25. The number of benzene rings is 2. The van der Waals surface area contributed by atoms with Crippen molar-refractivity contribution in [1.29, 1.82) is 0 Å². The lowest BCUT2D eigenvalue weighted by Gasteiger charge is -2.22. The van der Waals surface area contributed by atoms with Gasteiger partial charge >= 0.3 is 0 Å². The Bertz CT molecular complexity index is 877. The number of nitrogens with one attached hydrogen (secondary N) is 1. The average Bonchev–Trinajstić information content (AvgIpc) is 2.62. The molecular weight excluding hydrogens is 427 g/mol. The van der Waals surface area contributed by atoms with E-state index in [-0.39, 0.29) is 17.5 Å². The second kappa shape index (κ2) is 10.2. The number of nitrogens with zero attached hydrogens (tertiary/aromatic N) is 1. The van der Waals surface area contributed by atoms with Crippen molar-refractivity contribution in [2.45, 2.75) is 5.75 Å². The maximum atomic E-state index is 12.2. The fourth-order valence-corrected chi connectivity index (χ4v) is 4.21. The molecule has 2 aromatic carbocycles. The van der Waals surface area contributed by atoms with Gasteiger partial charge in [0.1, 0.15) is 6.54 Å². The number of rotatable bonds is 9. The van der Waals surface area contributed by atoms with Gasteiger partial charge in [0.2, 0.25) is 15.9 Å². The second-order valence-electron chi connectivity index (χ2n) is 5.76. The van der Waals surface area contributed by atoms with Crippen LogP contribution >= 0.6 is 35.0 Å². The Morgan fingerprint density at radius 1 is 1.11 bits per heavy atom. The van der Waals surface area contributed by atoms with Crippen molar-refractivity contribution in [3.63, 3.8) is 0 Å². The van der Waals surface area contributed by atoms with Crippen LogP contribution in [0.3, 0.4) is 0 Å². The highest BCUT2D eigenvalue weighted by molar-refractivity contribution is 7.98. The third kappa shape index (κ3) is 7.25. The van der Waals surface area contributed by atoms with Crippen LogP contribution in [0.25, 0.3) is 0 Å². The number of hydrogen-bond donors (Lipinski definition) is 1. The number of thioether (sulfide) groups is 1. The van der Waals surface area contributed by atoms with E-state index in [2.05, 4.69) is 5.32 Å². The molecule has 0 saturated carbocycles. The van der Waals surface area contributed by atoms with Crippen molar-refractivity contribution in [2.75, 3.05) is 29.4 Å². The quantitative estimate of drug-likeness (QED) is 0.594. The summed E-state index contributed by atoms with van der Waals surface area (Å²) in [7, 11) is -3.65. The number of carbonyl (C=O) groups is 1. The van der Waals surface area contributed by atoms with Gasteiger partial charge in [0.05, 0.1) is 22.0 Å². The number of halogens is 2. The molecule has 0 unspecified atom stereocenters. The molecule has 9 heteroatoms. The maximum absolute atomic E-state index is 12.2.